The molecule has 1 saturated heterocycles. The summed E-state index contributed by atoms with van der Waals surface area (Å²) in [5, 5.41) is 2.89. The lowest BCUT2D eigenvalue weighted by Gasteiger charge is -2.18. The molecule has 2 amide bonds. The third-order valence-electron chi connectivity index (χ3n) is 4.83. The van der Waals surface area contributed by atoms with Gasteiger partial charge in [-0.15, -0.1) is 0 Å². The van der Waals surface area contributed by atoms with E-state index < -0.39 is 6.04 Å². The summed E-state index contributed by atoms with van der Waals surface area (Å²) in [5.74, 6) is -0.135. The van der Waals surface area contributed by atoms with Crippen molar-refractivity contribution in [3.05, 3.63) is 64.7 Å². The molecule has 130 valence electrons. The van der Waals surface area contributed by atoms with Gasteiger partial charge in [0.2, 0.25) is 11.8 Å². The first-order chi connectivity index (χ1) is 11.9. The molecule has 25 heavy (non-hydrogen) atoms. The van der Waals surface area contributed by atoms with E-state index in [4.69, 9.17) is 0 Å². The van der Waals surface area contributed by atoms with Crippen LogP contribution in [-0.4, -0.2) is 24.4 Å². The smallest absolute Gasteiger partial charge is 0.249 e. The molecule has 2 aromatic rings. The Kier molecular flexibility index (Phi) is 4.88. The van der Waals surface area contributed by atoms with E-state index in [2.05, 4.69) is 12.2 Å². The molecular weight excluding hydrogens is 312 g/mol. The molecule has 0 aromatic heterocycles. The molecule has 0 saturated carbocycles. The number of rotatable bonds is 4. The molecule has 0 unspecified atom stereocenters. The number of benzene rings is 2. The van der Waals surface area contributed by atoms with Crippen molar-refractivity contribution in [2.45, 2.75) is 39.7 Å². The number of hydrogen-bond donors (Lipinski definition) is 1. The molecule has 3 rings (SSSR count). The van der Waals surface area contributed by atoms with Gasteiger partial charge >= 0.3 is 0 Å². The maximum atomic E-state index is 12.6. The summed E-state index contributed by atoms with van der Waals surface area (Å²) in [6, 6.07) is 13.5. The third-order valence-corrected chi connectivity index (χ3v) is 4.83. The van der Waals surface area contributed by atoms with Crippen LogP contribution in [0.2, 0.25) is 0 Å². The highest BCUT2D eigenvalue weighted by molar-refractivity contribution is 6.01. The second-order valence-electron chi connectivity index (χ2n) is 6.83. The fourth-order valence-corrected chi connectivity index (χ4v) is 3.10. The van der Waals surface area contributed by atoms with Crippen molar-refractivity contribution in [1.82, 2.24) is 5.32 Å². The molecule has 1 atom stereocenters. The van der Waals surface area contributed by atoms with Crippen LogP contribution in [0.25, 0.3) is 0 Å². The highest BCUT2D eigenvalue weighted by Crippen LogP contribution is 2.24. The Morgan fingerprint density at radius 3 is 2.48 bits per heavy atom. The zero-order valence-electron chi connectivity index (χ0n) is 15.0. The standard InChI is InChI=1S/C21H24N2O2/c1-14-4-7-17(8-5-14)13-20(24)22-19-10-11-23(21(19)25)18-9-6-15(2)16(3)12-18/h4-9,12,19H,10-11,13H2,1-3H3,(H,22,24)/t19-/m0/s1. The minimum absolute atomic E-state index is 0.0273. The molecule has 1 aliphatic rings. The molecule has 0 bridgehead atoms. The Labute approximate surface area is 148 Å². The minimum Gasteiger partial charge on any atom is -0.344 e. The van der Waals surface area contributed by atoms with Gasteiger partial charge in [-0.1, -0.05) is 35.9 Å². The van der Waals surface area contributed by atoms with Crippen LogP contribution in [0.5, 0.6) is 0 Å². The van der Waals surface area contributed by atoms with E-state index in [1.807, 2.05) is 56.3 Å². The van der Waals surface area contributed by atoms with E-state index in [9.17, 15) is 9.59 Å². The van der Waals surface area contributed by atoms with Crippen LogP contribution in [0.1, 0.15) is 28.7 Å². The Morgan fingerprint density at radius 2 is 1.80 bits per heavy atom. The van der Waals surface area contributed by atoms with Gasteiger partial charge in [0.25, 0.3) is 0 Å². The Bertz CT molecular complexity index is 796. The molecule has 1 heterocycles. The first-order valence-electron chi connectivity index (χ1n) is 8.67. The van der Waals surface area contributed by atoms with Gasteiger partial charge in [-0.25, -0.2) is 0 Å². The van der Waals surface area contributed by atoms with E-state index in [-0.39, 0.29) is 11.8 Å². The summed E-state index contributed by atoms with van der Waals surface area (Å²) >= 11 is 0. The van der Waals surface area contributed by atoms with Gasteiger partial charge < -0.3 is 10.2 Å². The summed E-state index contributed by atoms with van der Waals surface area (Å²) in [7, 11) is 0. The highest BCUT2D eigenvalue weighted by atomic mass is 16.2. The molecule has 4 heteroatoms. The van der Waals surface area contributed by atoms with Crippen LogP contribution in [0, 0.1) is 20.8 Å². The van der Waals surface area contributed by atoms with Crippen LogP contribution in [-0.2, 0) is 16.0 Å². The number of carbonyl (C=O) groups excluding carboxylic acids is 2. The number of hydrogen-bond acceptors (Lipinski definition) is 2. The van der Waals surface area contributed by atoms with Crippen molar-refractivity contribution in [3.63, 3.8) is 0 Å². The number of amides is 2. The maximum Gasteiger partial charge on any atom is 0.249 e. The SMILES string of the molecule is Cc1ccc(CC(=O)N[C@H]2CCN(c3ccc(C)c(C)c3)C2=O)cc1. The topological polar surface area (TPSA) is 49.4 Å². The van der Waals surface area contributed by atoms with Crippen molar-refractivity contribution in [2.24, 2.45) is 0 Å². The summed E-state index contributed by atoms with van der Waals surface area (Å²) in [4.78, 5) is 26.7. The molecule has 0 aliphatic carbocycles. The average Bonchev–Trinajstić information content (AvgIpc) is 2.93. The highest BCUT2D eigenvalue weighted by Gasteiger charge is 2.33. The maximum absolute atomic E-state index is 12.6. The summed E-state index contributed by atoms with van der Waals surface area (Å²) in [6.45, 7) is 6.75. The number of aryl methyl sites for hydroxylation is 3. The monoisotopic (exact) mass is 336 g/mol. The predicted molar refractivity (Wildman–Crippen MR) is 99.7 cm³/mol. The average molecular weight is 336 g/mol. The van der Waals surface area contributed by atoms with Crippen molar-refractivity contribution in [3.8, 4) is 0 Å². The molecule has 0 radical (unpaired) electrons. The van der Waals surface area contributed by atoms with Crippen molar-refractivity contribution in [2.75, 3.05) is 11.4 Å². The quantitative estimate of drug-likeness (QED) is 0.933. The molecule has 0 spiro atoms. The number of carbonyl (C=O) groups is 2. The molecular formula is C21H24N2O2. The van der Waals surface area contributed by atoms with Gasteiger partial charge in [0, 0.05) is 12.2 Å². The normalized spacial score (nSPS) is 17.0. The number of nitrogens with zero attached hydrogens (tertiary/aromatic N) is 1. The minimum atomic E-state index is -0.431. The van der Waals surface area contributed by atoms with Crippen molar-refractivity contribution < 1.29 is 9.59 Å². The fourth-order valence-electron chi connectivity index (χ4n) is 3.10. The van der Waals surface area contributed by atoms with E-state index >= 15 is 0 Å². The van der Waals surface area contributed by atoms with E-state index in [0.717, 1.165) is 16.8 Å². The van der Waals surface area contributed by atoms with Crippen molar-refractivity contribution in [1.29, 1.82) is 0 Å². The summed E-state index contributed by atoms with van der Waals surface area (Å²) in [5.41, 5.74) is 5.40. The van der Waals surface area contributed by atoms with Gasteiger partial charge in [-0.3, -0.25) is 9.59 Å². The predicted octanol–water partition coefficient (Wildman–Crippen LogP) is 3.08. The number of nitrogens with one attached hydrogen (secondary N) is 1. The van der Waals surface area contributed by atoms with Crippen LogP contribution in [0.15, 0.2) is 42.5 Å². The van der Waals surface area contributed by atoms with E-state index in [0.29, 0.717) is 19.4 Å². The molecule has 4 nitrogen and oxygen atoms in total. The zero-order chi connectivity index (χ0) is 18.0. The van der Waals surface area contributed by atoms with Gasteiger partial charge in [0.05, 0.1) is 6.42 Å². The van der Waals surface area contributed by atoms with Crippen molar-refractivity contribution >= 4 is 17.5 Å². The second-order valence-corrected chi connectivity index (χ2v) is 6.83. The fraction of sp³-hybridized carbons (Fsp3) is 0.333. The van der Waals surface area contributed by atoms with Crippen LogP contribution >= 0.6 is 0 Å². The van der Waals surface area contributed by atoms with Crippen LogP contribution in [0.3, 0.4) is 0 Å². The Hall–Kier alpha value is -2.62. The zero-order valence-corrected chi connectivity index (χ0v) is 15.0. The first kappa shape index (κ1) is 17.2. The van der Waals surface area contributed by atoms with Gasteiger partial charge in [-0.05, 0) is 56.0 Å². The third kappa shape index (κ3) is 3.90. The van der Waals surface area contributed by atoms with Gasteiger partial charge in [-0.2, -0.15) is 0 Å². The molecule has 2 aromatic carbocycles. The second kappa shape index (κ2) is 7.09. The summed E-state index contributed by atoms with van der Waals surface area (Å²) < 4.78 is 0. The Balaban J connectivity index is 1.62. The lowest BCUT2D eigenvalue weighted by atomic mass is 10.1. The Morgan fingerprint density at radius 1 is 1.08 bits per heavy atom. The largest absolute Gasteiger partial charge is 0.344 e. The van der Waals surface area contributed by atoms with Gasteiger partial charge in [0.1, 0.15) is 6.04 Å². The number of anilines is 1. The molecule has 1 N–H and O–H groups in total. The molecule has 1 aliphatic heterocycles. The van der Waals surface area contributed by atoms with E-state index in [1.54, 1.807) is 4.90 Å². The van der Waals surface area contributed by atoms with Gasteiger partial charge in [0.15, 0.2) is 0 Å². The first-order valence-corrected chi connectivity index (χ1v) is 8.67. The van der Waals surface area contributed by atoms with E-state index in [1.165, 1.54) is 11.1 Å². The summed E-state index contributed by atoms with van der Waals surface area (Å²) in [6.07, 6.45) is 0.944. The lowest BCUT2D eigenvalue weighted by Crippen LogP contribution is -2.42. The molecule has 1 fully saturated rings. The van der Waals surface area contributed by atoms with Crippen LogP contribution in [0.4, 0.5) is 5.69 Å². The lowest BCUT2D eigenvalue weighted by molar-refractivity contribution is -0.126. The van der Waals surface area contributed by atoms with Crippen LogP contribution < -0.4 is 10.2 Å².